The number of guanidine groups is 1. The molecule has 0 fully saturated rings. The number of amides is 1. The van der Waals surface area contributed by atoms with Gasteiger partial charge >= 0.3 is 0 Å². The van der Waals surface area contributed by atoms with Gasteiger partial charge < -0.3 is 10.6 Å². The molecule has 0 aromatic carbocycles. The Balaban J connectivity index is 1.61. The zero-order chi connectivity index (χ0) is 16.9. The second-order valence-electron chi connectivity index (χ2n) is 6.54. The number of carbonyl (C=O) groups excluding carboxylic acids is 1. The second kappa shape index (κ2) is 5.31. The lowest BCUT2D eigenvalue weighted by atomic mass is 9.88. The summed E-state index contributed by atoms with van der Waals surface area (Å²) < 4.78 is 0. The van der Waals surface area contributed by atoms with Crippen LogP contribution in [0, 0.1) is 0 Å². The average molecular weight is 341 g/mol. The minimum absolute atomic E-state index is 0.0138. The number of fused-ring (bicyclic) bond motifs is 1. The van der Waals surface area contributed by atoms with E-state index in [0.29, 0.717) is 13.0 Å². The quantitative estimate of drug-likeness (QED) is 0.889. The fraction of sp³-hybridized carbons (Fsp3) is 0.353. The monoisotopic (exact) mass is 341 g/mol. The average Bonchev–Trinajstić information content (AvgIpc) is 3.21. The third-order valence-corrected chi connectivity index (χ3v) is 5.51. The summed E-state index contributed by atoms with van der Waals surface area (Å²) in [5, 5.41) is 4.21. The summed E-state index contributed by atoms with van der Waals surface area (Å²) in [7, 11) is 1.66. The summed E-state index contributed by atoms with van der Waals surface area (Å²) in [5.41, 5.74) is 7.70. The summed E-state index contributed by atoms with van der Waals surface area (Å²) in [6.45, 7) is 2.67. The van der Waals surface area contributed by atoms with Crippen molar-refractivity contribution in [2.45, 2.75) is 24.9 Å². The standard InChI is InChI=1S/C17H19N5OS/c1-17(7-15(23)21(2)16(18)20-17)13-9-22-8-11(3-4-14(22)19-13)12-5-6-24-10-12/h3-6,8,10,13H,7,9H2,1-2H3,(H2,18,20)/t13?,17-/m0/s1. The van der Waals surface area contributed by atoms with Crippen LogP contribution >= 0.6 is 11.3 Å². The Labute approximate surface area is 144 Å². The molecule has 124 valence electrons. The molecule has 4 heterocycles. The number of nitrogens with two attached hydrogens (primary N) is 1. The van der Waals surface area contributed by atoms with E-state index in [0.717, 1.165) is 5.84 Å². The number of hydrogen-bond acceptors (Lipinski definition) is 6. The Morgan fingerprint density at radius 2 is 2.25 bits per heavy atom. The zero-order valence-corrected chi connectivity index (χ0v) is 14.5. The number of allylic oxidation sites excluding steroid dienone is 2. The number of rotatable bonds is 2. The SMILES string of the molecule is CN1C(=O)C[C@@](C)(C2CN3C=C(c4ccsc4)C=CC3=N2)N=C1N. The predicted molar refractivity (Wildman–Crippen MR) is 96.8 cm³/mol. The molecule has 3 aliphatic heterocycles. The molecule has 6 nitrogen and oxygen atoms in total. The van der Waals surface area contributed by atoms with Crippen molar-refractivity contribution in [3.05, 3.63) is 40.7 Å². The van der Waals surface area contributed by atoms with Gasteiger partial charge in [-0.3, -0.25) is 14.7 Å². The van der Waals surface area contributed by atoms with Crippen LogP contribution in [0.4, 0.5) is 0 Å². The van der Waals surface area contributed by atoms with E-state index in [-0.39, 0.29) is 17.9 Å². The molecular formula is C17H19N5OS. The van der Waals surface area contributed by atoms with Gasteiger partial charge in [-0.1, -0.05) is 0 Å². The van der Waals surface area contributed by atoms with Gasteiger partial charge in [-0.25, -0.2) is 4.99 Å². The van der Waals surface area contributed by atoms with Crippen molar-refractivity contribution in [3.63, 3.8) is 0 Å². The molecule has 0 bridgehead atoms. The highest BCUT2D eigenvalue weighted by atomic mass is 32.1. The smallest absolute Gasteiger partial charge is 0.231 e. The van der Waals surface area contributed by atoms with Crippen molar-refractivity contribution in [1.82, 2.24) is 9.80 Å². The van der Waals surface area contributed by atoms with Crippen molar-refractivity contribution in [1.29, 1.82) is 0 Å². The summed E-state index contributed by atoms with van der Waals surface area (Å²) in [6, 6.07) is 2.02. The highest BCUT2D eigenvalue weighted by Gasteiger charge is 2.44. The van der Waals surface area contributed by atoms with Crippen LogP contribution in [-0.4, -0.2) is 52.7 Å². The van der Waals surface area contributed by atoms with Crippen molar-refractivity contribution in [2.24, 2.45) is 15.7 Å². The van der Waals surface area contributed by atoms with E-state index in [4.69, 9.17) is 10.7 Å². The predicted octanol–water partition coefficient (Wildman–Crippen LogP) is 1.68. The van der Waals surface area contributed by atoms with E-state index in [9.17, 15) is 4.79 Å². The van der Waals surface area contributed by atoms with Crippen LogP contribution in [-0.2, 0) is 4.79 Å². The van der Waals surface area contributed by atoms with E-state index in [1.165, 1.54) is 16.0 Å². The van der Waals surface area contributed by atoms with Gasteiger partial charge in [-0.2, -0.15) is 11.3 Å². The third-order valence-electron chi connectivity index (χ3n) is 4.83. The Morgan fingerprint density at radius 3 is 2.96 bits per heavy atom. The molecule has 1 aromatic heterocycles. The molecule has 3 aliphatic rings. The van der Waals surface area contributed by atoms with Crippen molar-refractivity contribution >= 4 is 34.6 Å². The second-order valence-corrected chi connectivity index (χ2v) is 7.32. The number of nitrogens with zero attached hydrogens (tertiary/aromatic N) is 4. The van der Waals surface area contributed by atoms with Gasteiger partial charge in [0.2, 0.25) is 5.91 Å². The molecule has 0 spiro atoms. The number of thiophene rings is 1. The summed E-state index contributed by atoms with van der Waals surface area (Å²) in [4.78, 5) is 25.1. The fourth-order valence-corrected chi connectivity index (χ4v) is 3.91. The Morgan fingerprint density at radius 1 is 1.42 bits per heavy atom. The first-order chi connectivity index (χ1) is 11.5. The summed E-state index contributed by atoms with van der Waals surface area (Å²) in [5.74, 6) is 1.17. The van der Waals surface area contributed by atoms with E-state index in [2.05, 4.69) is 39.0 Å². The summed E-state index contributed by atoms with van der Waals surface area (Å²) >= 11 is 1.68. The van der Waals surface area contributed by atoms with Gasteiger partial charge in [0.05, 0.1) is 18.0 Å². The Bertz CT molecular complexity index is 807. The number of amidine groups is 1. The van der Waals surface area contributed by atoms with Crippen molar-refractivity contribution in [2.75, 3.05) is 13.6 Å². The van der Waals surface area contributed by atoms with E-state index >= 15 is 0 Å². The summed E-state index contributed by atoms with van der Waals surface area (Å²) in [6.07, 6.45) is 6.55. The van der Waals surface area contributed by atoms with Crippen LogP contribution in [0.1, 0.15) is 18.9 Å². The highest BCUT2D eigenvalue weighted by molar-refractivity contribution is 7.08. The zero-order valence-electron chi connectivity index (χ0n) is 13.6. The maximum absolute atomic E-state index is 12.2. The molecule has 7 heteroatoms. The third kappa shape index (κ3) is 2.36. The minimum atomic E-state index is -0.595. The van der Waals surface area contributed by atoms with Crippen molar-refractivity contribution < 1.29 is 4.79 Å². The molecule has 0 radical (unpaired) electrons. The van der Waals surface area contributed by atoms with Crippen LogP contribution in [0.2, 0.25) is 0 Å². The van der Waals surface area contributed by atoms with Crippen LogP contribution in [0.3, 0.4) is 0 Å². The van der Waals surface area contributed by atoms with Gasteiger partial charge in [0, 0.05) is 19.8 Å². The van der Waals surface area contributed by atoms with E-state index in [1.54, 1.807) is 18.4 Å². The van der Waals surface area contributed by atoms with Crippen LogP contribution < -0.4 is 5.73 Å². The number of carbonyl (C=O) groups is 1. The molecule has 1 aromatic rings. The first kappa shape index (κ1) is 15.1. The Hall–Kier alpha value is -2.41. The molecule has 0 saturated heterocycles. The number of hydrogen-bond donors (Lipinski definition) is 1. The molecule has 1 amide bonds. The lowest BCUT2D eigenvalue weighted by Gasteiger charge is -2.36. The molecule has 4 rings (SSSR count). The van der Waals surface area contributed by atoms with Crippen LogP contribution in [0.5, 0.6) is 0 Å². The maximum Gasteiger partial charge on any atom is 0.231 e. The molecule has 0 aliphatic carbocycles. The molecule has 0 saturated carbocycles. The molecule has 2 N–H and O–H groups in total. The lowest BCUT2D eigenvalue weighted by molar-refractivity contribution is -0.128. The topological polar surface area (TPSA) is 74.3 Å². The Kier molecular flexibility index (Phi) is 3.35. The van der Waals surface area contributed by atoms with E-state index < -0.39 is 5.54 Å². The van der Waals surface area contributed by atoms with Gasteiger partial charge in [-0.05, 0) is 47.0 Å². The lowest BCUT2D eigenvalue weighted by Crippen LogP contribution is -2.53. The van der Waals surface area contributed by atoms with Gasteiger partial charge in [0.1, 0.15) is 5.84 Å². The van der Waals surface area contributed by atoms with Gasteiger partial charge in [0.25, 0.3) is 0 Å². The van der Waals surface area contributed by atoms with E-state index in [1.807, 2.05) is 13.0 Å². The first-order valence-electron chi connectivity index (χ1n) is 7.85. The normalized spacial score (nSPS) is 29.3. The maximum atomic E-state index is 12.2. The van der Waals surface area contributed by atoms with Gasteiger partial charge in [-0.15, -0.1) is 0 Å². The number of aliphatic imine (C=N–C) groups is 2. The van der Waals surface area contributed by atoms with Crippen LogP contribution in [0.25, 0.3) is 5.57 Å². The fourth-order valence-electron chi connectivity index (χ4n) is 3.24. The minimum Gasteiger partial charge on any atom is -0.369 e. The largest absolute Gasteiger partial charge is 0.369 e. The molecule has 24 heavy (non-hydrogen) atoms. The molecular weight excluding hydrogens is 322 g/mol. The highest BCUT2D eigenvalue weighted by Crippen LogP contribution is 2.33. The van der Waals surface area contributed by atoms with Crippen molar-refractivity contribution in [3.8, 4) is 0 Å². The molecule has 1 unspecified atom stereocenters. The van der Waals surface area contributed by atoms with Gasteiger partial charge in [0.15, 0.2) is 5.96 Å². The van der Waals surface area contributed by atoms with Crippen LogP contribution in [0.15, 0.2) is 45.2 Å². The molecule has 2 atom stereocenters. The first-order valence-corrected chi connectivity index (χ1v) is 8.79.